The van der Waals surface area contributed by atoms with Gasteiger partial charge in [0.05, 0.1) is 10.6 Å². The molecule has 2 aromatic rings. The molecular weight excluding hydrogens is 395 g/mol. The predicted octanol–water partition coefficient (Wildman–Crippen LogP) is 3.63. The molecule has 0 saturated heterocycles. The number of rotatable bonds is 9. The number of benzene rings is 2. The zero-order chi connectivity index (χ0) is 20.9. The molecule has 0 bridgehead atoms. The van der Waals surface area contributed by atoms with Crippen molar-refractivity contribution in [3.8, 4) is 5.75 Å². The summed E-state index contributed by atoms with van der Waals surface area (Å²) in [6.45, 7) is 2.21. The predicted molar refractivity (Wildman–Crippen MR) is 109 cm³/mol. The van der Waals surface area contributed by atoms with E-state index in [1.165, 1.54) is 18.2 Å². The molecule has 6 nitrogen and oxygen atoms in total. The number of halogens is 1. The van der Waals surface area contributed by atoms with Crippen molar-refractivity contribution in [2.24, 2.45) is 0 Å². The highest BCUT2D eigenvalue weighted by atomic mass is 32.2. The van der Waals surface area contributed by atoms with Crippen LogP contribution < -0.4 is 14.8 Å². The van der Waals surface area contributed by atoms with Crippen LogP contribution in [0.15, 0.2) is 47.4 Å². The van der Waals surface area contributed by atoms with E-state index in [1.54, 1.807) is 24.3 Å². The molecule has 0 fully saturated rings. The fourth-order valence-corrected chi connectivity index (χ4v) is 4.25. The third kappa shape index (κ3) is 5.33. The minimum atomic E-state index is -3.75. The van der Waals surface area contributed by atoms with Crippen molar-refractivity contribution in [2.75, 3.05) is 11.9 Å². The molecule has 2 N–H and O–H groups in total. The normalized spacial score (nSPS) is 16.1. The van der Waals surface area contributed by atoms with Crippen LogP contribution in [0, 0.1) is 5.82 Å². The van der Waals surface area contributed by atoms with Crippen LogP contribution in [0.3, 0.4) is 0 Å². The molecule has 0 radical (unpaired) electrons. The maximum atomic E-state index is 13.6. The lowest BCUT2D eigenvalue weighted by Gasteiger charge is -2.26. The zero-order valence-corrected chi connectivity index (χ0v) is 17.1. The molecule has 1 amide bonds. The Bertz CT molecular complexity index is 978. The molecule has 0 saturated carbocycles. The van der Waals surface area contributed by atoms with Crippen LogP contribution in [0.1, 0.15) is 38.2 Å². The van der Waals surface area contributed by atoms with E-state index in [0.29, 0.717) is 36.3 Å². The highest BCUT2D eigenvalue weighted by molar-refractivity contribution is 7.89. The summed E-state index contributed by atoms with van der Waals surface area (Å²) in [5, 5.41) is 2.73. The Morgan fingerprint density at radius 2 is 1.97 bits per heavy atom. The van der Waals surface area contributed by atoms with E-state index in [0.717, 1.165) is 12.8 Å². The summed E-state index contributed by atoms with van der Waals surface area (Å²) >= 11 is 0. The molecule has 0 spiro atoms. The first-order valence-electron chi connectivity index (χ1n) is 9.75. The molecule has 0 aliphatic carbocycles. The number of nitrogens with one attached hydrogen (secondary N) is 2. The van der Waals surface area contributed by atoms with Gasteiger partial charge in [0, 0.05) is 6.54 Å². The lowest BCUT2D eigenvalue weighted by Crippen LogP contribution is -2.37. The highest BCUT2D eigenvalue weighted by Gasteiger charge is 2.28. The first kappa shape index (κ1) is 21.3. The number of fused-ring (bicyclic) bond motifs is 1. The highest BCUT2D eigenvalue weighted by Crippen LogP contribution is 2.32. The molecule has 1 heterocycles. The Balaban J connectivity index is 1.61. The number of unbranched alkanes of at least 4 members (excludes halogenated alkanes) is 1. The van der Waals surface area contributed by atoms with Crippen LogP contribution in [0.4, 0.5) is 10.1 Å². The monoisotopic (exact) mass is 420 g/mol. The van der Waals surface area contributed by atoms with Crippen LogP contribution in [0.5, 0.6) is 5.75 Å². The molecule has 3 rings (SSSR count). The third-order valence-electron chi connectivity index (χ3n) is 4.77. The topological polar surface area (TPSA) is 84.5 Å². The smallest absolute Gasteiger partial charge is 0.265 e. The molecule has 8 heteroatoms. The standard InChI is InChI=1S/C21H25FN2O4S/c1-2-3-10-20-21(25)24-18-14-16(11-12-19(18)28-20)29(26,27)23-13-6-8-15-7-4-5-9-17(15)22/h4-5,7,9,11-12,14,20,23H,2-3,6,8,10,13H2,1H3,(H,24,25). The van der Waals surface area contributed by atoms with Crippen LogP contribution in [-0.2, 0) is 21.2 Å². The summed E-state index contributed by atoms with van der Waals surface area (Å²) in [6.07, 6.45) is 2.79. The Kier molecular flexibility index (Phi) is 6.87. The van der Waals surface area contributed by atoms with Crippen LogP contribution in [0.2, 0.25) is 0 Å². The quantitative estimate of drug-likeness (QED) is 0.607. The fraction of sp³-hybridized carbons (Fsp3) is 0.381. The molecule has 1 aliphatic heterocycles. The number of carbonyl (C=O) groups is 1. The second kappa shape index (κ2) is 9.37. The minimum absolute atomic E-state index is 0.0399. The van der Waals surface area contributed by atoms with Crippen molar-refractivity contribution in [3.63, 3.8) is 0 Å². The first-order valence-corrected chi connectivity index (χ1v) is 11.2. The van der Waals surface area contributed by atoms with Gasteiger partial charge in [0.1, 0.15) is 11.6 Å². The van der Waals surface area contributed by atoms with Crippen molar-refractivity contribution in [2.45, 2.75) is 50.0 Å². The summed E-state index contributed by atoms with van der Waals surface area (Å²) in [7, 11) is -3.75. The lowest BCUT2D eigenvalue weighted by molar-refractivity contribution is -0.123. The molecule has 2 aromatic carbocycles. The largest absolute Gasteiger partial charge is 0.478 e. The van der Waals surface area contributed by atoms with Gasteiger partial charge in [-0.25, -0.2) is 17.5 Å². The van der Waals surface area contributed by atoms with Gasteiger partial charge in [-0.3, -0.25) is 4.79 Å². The maximum Gasteiger partial charge on any atom is 0.265 e. The fourth-order valence-electron chi connectivity index (χ4n) is 3.15. The van der Waals surface area contributed by atoms with E-state index in [-0.39, 0.29) is 23.2 Å². The van der Waals surface area contributed by atoms with Crippen LogP contribution >= 0.6 is 0 Å². The molecule has 0 aromatic heterocycles. The van der Waals surface area contributed by atoms with Crippen molar-refractivity contribution in [3.05, 3.63) is 53.8 Å². The number of carbonyl (C=O) groups excluding carboxylic acids is 1. The Morgan fingerprint density at radius 3 is 2.72 bits per heavy atom. The molecule has 29 heavy (non-hydrogen) atoms. The Morgan fingerprint density at radius 1 is 1.17 bits per heavy atom. The van der Waals surface area contributed by atoms with Gasteiger partial charge in [0.2, 0.25) is 10.0 Å². The number of hydrogen-bond acceptors (Lipinski definition) is 4. The number of aryl methyl sites for hydroxylation is 1. The number of amides is 1. The number of sulfonamides is 1. The number of hydrogen-bond donors (Lipinski definition) is 2. The van der Waals surface area contributed by atoms with Gasteiger partial charge >= 0.3 is 0 Å². The second-order valence-corrected chi connectivity index (χ2v) is 8.76. The van der Waals surface area contributed by atoms with Crippen molar-refractivity contribution < 1.29 is 22.3 Å². The van der Waals surface area contributed by atoms with Gasteiger partial charge < -0.3 is 10.1 Å². The third-order valence-corrected chi connectivity index (χ3v) is 6.23. The second-order valence-electron chi connectivity index (χ2n) is 6.99. The molecule has 156 valence electrons. The van der Waals surface area contributed by atoms with E-state index in [2.05, 4.69) is 10.0 Å². The van der Waals surface area contributed by atoms with Gasteiger partial charge in [-0.1, -0.05) is 31.5 Å². The summed E-state index contributed by atoms with van der Waals surface area (Å²) in [5.74, 6) is -0.0967. The maximum absolute atomic E-state index is 13.6. The molecule has 1 unspecified atom stereocenters. The van der Waals surface area contributed by atoms with E-state index in [4.69, 9.17) is 4.74 Å². The van der Waals surface area contributed by atoms with E-state index < -0.39 is 16.1 Å². The summed E-state index contributed by atoms with van der Waals surface area (Å²) in [4.78, 5) is 12.2. The summed E-state index contributed by atoms with van der Waals surface area (Å²) in [6, 6.07) is 10.8. The van der Waals surface area contributed by atoms with Gasteiger partial charge in [0.25, 0.3) is 5.91 Å². The summed E-state index contributed by atoms with van der Waals surface area (Å²) in [5.41, 5.74) is 0.898. The minimum Gasteiger partial charge on any atom is -0.478 e. The van der Waals surface area contributed by atoms with Gasteiger partial charge in [-0.15, -0.1) is 0 Å². The lowest BCUT2D eigenvalue weighted by atomic mass is 10.1. The first-order chi connectivity index (χ1) is 13.9. The molecule has 1 atom stereocenters. The number of ether oxygens (including phenoxy) is 1. The zero-order valence-electron chi connectivity index (χ0n) is 16.3. The Hall–Kier alpha value is -2.45. The molecular formula is C21H25FN2O4S. The summed E-state index contributed by atoms with van der Waals surface area (Å²) < 4.78 is 46.9. The van der Waals surface area contributed by atoms with Crippen molar-refractivity contribution in [1.29, 1.82) is 0 Å². The number of anilines is 1. The van der Waals surface area contributed by atoms with Crippen LogP contribution in [-0.4, -0.2) is 27.0 Å². The van der Waals surface area contributed by atoms with E-state index in [9.17, 15) is 17.6 Å². The average molecular weight is 421 g/mol. The Labute approximate surface area is 170 Å². The SMILES string of the molecule is CCCCC1Oc2ccc(S(=O)(=O)NCCCc3ccccc3F)cc2NC1=O. The van der Waals surface area contributed by atoms with Crippen molar-refractivity contribution in [1.82, 2.24) is 4.72 Å². The van der Waals surface area contributed by atoms with Gasteiger partial charge in [0.15, 0.2) is 6.10 Å². The van der Waals surface area contributed by atoms with Gasteiger partial charge in [-0.2, -0.15) is 0 Å². The molecule has 1 aliphatic rings. The van der Waals surface area contributed by atoms with Gasteiger partial charge in [-0.05, 0) is 55.5 Å². The van der Waals surface area contributed by atoms with Crippen LogP contribution in [0.25, 0.3) is 0 Å². The average Bonchev–Trinajstić information content (AvgIpc) is 2.70. The van der Waals surface area contributed by atoms with Crippen molar-refractivity contribution >= 4 is 21.6 Å². The van der Waals surface area contributed by atoms with E-state index in [1.807, 2.05) is 6.92 Å². The van der Waals surface area contributed by atoms with E-state index >= 15 is 0 Å².